The SMILES string of the molecule is CC1CCC(CN)(N(C)C(C)c2ccccc2F)CC1C. The molecular weight excluding hydrogens is 263 g/mol. The standard InChI is InChI=1S/C18H29FN2/c1-13-9-10-18(12-20,11-14(13)2)21(4)15(3)16-7-5-6-8-17(16)19/h5-8,13-15H,9-12,20H2,1-4H3. The highest BCUT2D eigenvalue weighted by Crippen LogP contribution is 2.42. The molecule has 1 saturated carbocycles. The van der Waals surface area contributed by atoms with Crippen molar-refractivity contribution < 1.29 is 4.39 Å². The molecule has 0 aromatic heterocycles. The summed E-state index contributed by atoms with van der Waals surface area (Å²) >= 11 is 0. The minimum absolute atomic E-state index is 0.00632. The highest BCUT2D eigenvalue weighted by Gasteiger charge is 2.41. The fraction of sp³-hybridized carbons (Fsp3) is 0.667. The topological polar surface area (TPSA) is 29.3 Å². The lowest BCUT2D eigenvalue weighted by Gasteiger charge is -2.50. The summed E-state index contributed by atoms with van der Waals surface area (Å²) in [6.07, 6.45) is 3.40. The fourth-order valence-corrected chi connectivity index (χ4v) is 3.77. The third-order valence-corrected chi connectivity index (χ3v) is 5.80. The fourth-order valence-electron chi connectivity index (χ4n) is 3.77. The second-order valence-electron chi connectivity index (χ2n) is 6.93. The summed E-state index contributed by atoms with van der Waals surface area (Å²) in [4.78, 5) is 2.31. The first-order valence-electron chi connectivity index (χ1n) is 8.08. The molecule has 1 aliphatic rings. The van der Waals surface area contributed by atoms with Crippen LogP contribution in [0.15, 0.2) is 24.3 Å². The Morgan fingerprint density at radius 3 is 2.57 bits per heavy atom. The summed E-state index contributed by atoms with van der Waals surface area (Å²) < 4.78 is 14.1. The summed E-state index contributed by atoms with van der Waals surface area (Å²) in [5, 5.41) is 0. The Morgan fingerprint density at radius 1 is 1.33 bits per heavy atom. The molecule has 118 valence electrons. The number of hydrogen-bond donors (Lipinski definition) is 1. The van der Waals surface area contributed by atoms with Gasteiger partial charge >= 0.3 is 0 Å². The van der Waals surface area contributed by atoms with Crippen molar-refractivity contribution in [3.8, 4) is 0 Å². The number of rotatable bonds is 4. The summed E-state index contributed by atoms with van der Waals surface area (Å²) in [7, 11) is 2.10. The van der Waals surface area contributed by atoms with Crippen LogP contribution in [-0.2, 0) is 0 Å². The maximum atomic E-state index is 14.1. The van der Waals surface area contributed by atoms with Crippen molar-refractivity contribution in [3.05, 3.63) is 35.6 Å². The van der Waals surface area contributed by atoms with E-state index in [1.54, 1.807) is 12.1 Å². The molecule has 1 aliphatic carbocycles. The number of nitrogens with zero attached hydrogens (tertiary/aromatic N) is 1. The van der Waals surface area contributed by atoms with Crippen LogP contribution < -0.4 is 5.73 Å². The van der Waals surface area contributed by atoms with Crippen LogP contribution >= 0.6 is 0 Å². The van der Waals surface area contributed by atoms with E-state index in [4.69, 9.17) is 5.73 Å². The zero-order valence-electron chi connectivity index (χ0n) is 13.8. The van der Waals surface area contributed by atoms with Crippen molar-refractivity contribution in [2.45, 2.75) is 51.6 Å². The van der Waals surface area contributed by atoms with Crippen LogP contribution in [0, 0.1) is 17.7 Å². The van der Waals surface area contributed by atoms with Gasteiger partial charge in [-0.2, -0.15) is 0 Å². The lowest BCUT2D eigenvalue weighted by Crippen LogP contribution is -2.56. The summed E-state index contributed by atoms with van der Waals surface area (Å²) in [6, 6.07) is 7.11. The maximum Gasteiger partial charge on any atom is 0.127 e. The zero-order chi connectivity index (χ0) is 15.6. The highest BCUT2D eigenvalue weighted by atomic mass is 19.1. The number of nitrogens with two attached hydrogens (primary N) is 1. The summed E-state index contributed by atoms with van der Waals surface area (Å²) in [5.74, 6) is 1.29. The molecular formula is C18H29FN2. The van der Waals surface area contributed by atoms with Crippen LogP contribution in [0.4, 0.5) is 4.39 Å². The van der Waals surface area contributed by atoms with E-state index in [-0.39, 0.29) is 17.4 Å². The molecule has 4 unspecified atom stereocenters. The van der Waals surface area contributed by atoms with Crippen LogP contribution in [0.1, 0.15) is 51.6 Å². The molecule has 0 aliphatic heterocycles. The van der Waals surface area contributed by atoms with Gasteiger partial charge in [0.15, 0.2) is 0 Å². The average Bonchev–Trinajstić information content (AvgIpc) is 2.49. The van der Waals surface area contributed by atoms with Gasteiger partial charge in [0.25, 0.3) is 0 Å². The molecule has 1 aromatic rings. The Kier molecular flexibility index (Phi) is 5.05. The maximum absolute atomic E-state index is 14.1. The van der Waals surface area contributed by atoms with Gasteiger partial charge in [0.2, 0.25) is 0 Å². The minimum atomic E-state index is -0.124. The van der Waals surface area contributed by atoms with Gasteiger partial charge in [-0.25, -0.2) is 4.39 Å². The van der Waals surface area contributed by atoms with E-state index in [2.05, 4.69) is 32.7 Å². The Bertz CT molecular complexity index is 476. The van der Waals surface area contributed by atoms with E-state index in [1.807, 2.05) is 12.1 Å². The van der Waals surface area contributed by atoms with Crippen LogP contribution in [-0.4, -0.2) is 24.0 Å². The van der Waals surface area contributed by atoms with Crippen molar-refractivity contribution in [1.29, 1.82) is 0 Å². The van der Waals surface area contributed by atoms with Crippen LogP contribution in [0.2, 0.25) is 0 Å². The Labute approximate surface area is 128 Å². The number of halogens is 1. The van der Waals surface area contributed by atoms with Crippen molar-refractivity contribution in [2.24, 2.45) is 17.6 Å². The predicted octanol–water partition coefficient (Wildman–Crippen LogP) is 3.97. The molecule has 21 heavy (non-hydrogen) atoms. The van der Waals surface area contributed by atoms with Gasteiger partial charge in [-0.1, -0.05) is 32.0 Å². The molecule has 0 saturated heterocycles. The van der Waals surface area contributed by atoms with Crippen LogP contribution in [0.25, 0.3) is 0 Å². The first kappa shape index (κ1) is 16.4. The molecule has 0 heterocycles. The molecule has 3 heteroatoms. The largest absolute Gasteiger partial charge is 0.329 e. The predicted molar refractivity (Wildman–Crippen MR) is 86.5 cm³/mol. The molecule has 2 nitrogen and oxygen atoms in total. The van der Waals surface area contributed by atoms with Crippen molar-refractivity contribution in [1.82, 2.24) is 4.90 Å². The van der Waals surface area contributed by atoms with Gasteiger partial charge in [-0.3, -0.25) is 4.90 Å². The normalized spacial score (nSPS) is 31.4. The Hall–Kier alpha value is -0.930. The van der Waals surface area contributed by atoms with Gasteiger partial charge in [-0.15, -0.1) is 0 Å². The highest BCUT2D eigenvalue weighted by molar-refractivity contribution is 5.21. The first-order valence-corrected chi connectivity index (χ1v) is 8.08. The molecule has 4 atom stereocenters. The molecule has 0 bridgehead atoms. The number of benzene rings is 1. The summed E-state index contributed by atoms with van der Waals surface area (Å²) in [5.41, 5.74) is 6.92. The van der Waals surface area contributed by atoms with E-state index in [9.17, 15) is 4.39 Å². The van der Waals surface area contributed by atoms with E-state index in [1.165, 1.54) is 6.42 Å². The van der Waals surface area contributed by atoms with Gasteiger partial charge in [0.05, 0.1) is 0 Å². The van der Waals surface area contributed by atoms with Gasteiger partial charge in [0.1, 0.15) is 5.82 Å². The second-order valence-corrected chi connectivity index (χ2v) is 6.93. The van der Waals surface area contributed by atoms with Gasteiger partial charge in [-0.05, 0) is 51.1 Å². The van der Waals surface area contributed by atoms with Gasteiger partial charge in [0, 0.05) is 23.7 Å². The molecule has 2 N–H and O–H groups in total. The minimum Gasteiger partial charge on any atom is -0.329 e. The molecule has 0 amide bonds. The third kappa shape index (κ3) is 3.14. The second kappa shape index (κ2) is 6.45. The lowest BCUT2D eigenvalue weighted by molar-refractivity contribution is 0.0140. The van der Waals surface area contributed by atoms with Crippen molar-refractivity contribution >= 4 is 0 Å². The third-order valence-electron chi connectivity index (χ3n) is 5.80. The molecule has 0 spiro atoms. The van der Waals surface area contributed by atoms with E-state index in [0.717, 1.165) is 24.3 Å². The van der Waals surface area contributed by atoms with Crippen LogP contribution in [0.3, 0.4) is 0 Å². The van der Waals surface area contributed by atoms with Crippen molar-refractivity contribution in [2.75, 3.05) is 13.6 Å². The average molecular weight is 292 g/mol. The summed E-state index contributed by atoms with van der Waals surface area (Å²) in [6.45, 7) is 7.36. The molecule has 1 fully saturated rings. The lowest BCUT2D eigenvalue weighted by atomic mass is 9.70. The smallest absolute Gasteiger partial charge is 0.127 e. The van der Waals surface area contributed by atoms with Gasteiger partial charge < -0.3 is 5.73 Å². The monoisotopic (exact) mass is 292 g/mol. The van der Waals surface area contributed by atoms with Crippen molar-refractivity contribution in [3.63, 3.8) is 0 Å². The first-order chi connectivity index (χ1) is 9.91. The Balaban J connectivity index is 2.24. The van der Waals surface area contributed by atoms with Crippen LogP contribution in [0.5, 0.6) is 0 Å². The number of hydrogen-bond acceptors (Lipinski definition) is 2. The Morgan fingerprint density at radius 2 is 2.00 bits per heavy atom. The van der Waals surface area contributed by atoms with E-state index >= 15 is 0 Å². The van der Waals surface area contributed by atoms with E-state index in [0.29, 0.717) is 12.5 Å². The molecule has 1 aromatic carbocycles. The molecule has 0 radical (unpaired) electrons. The number of likely N-dealkylation sites (N-methyl/N-ethyl adjacent to an activating group) is 1. The van der Waals surface area contributed by atoms with E-state index < -0.39 is 0 Å². The zero-order valence-corrected chi connectivity index (χ0v) is 13.8. The quantitative estimate of drug-likeness (QED) is 0.909. The molecule has 2 rings (SSSR count).